The van der Waals surface area contributed by atoms with Gasteiger partial charge in [0.1, 0.15) is 11.6 Å². The fraction of sp³-hybridized carbons (Fsp3) is 0.286. The number of rotatable bonds is 7. The Morgan fingerprint density at radius 3 is 2.37 bits per heavy atom. The van der Waals surface area contributed by atoms with Crippen LogP contribution in [0.4, 0.5) is 14.5 Å². The SMILES string of the molecule is O=C(CCCN1CCN(Cc2ccc(F)cc2)C(=O)C1=O)Nc1ccc(Br)cc1F. The summed E-state index contributed by atoms with van der Waals surface area (Å²) in [7, 11) is 0. The molecule has 2 aromatic rings. The largest absolute Gasteiger partial charge is 0.333 e. The maximum atomic E-state index is 13.8. The van der Waals surface area contributed by atoms with Gasteiger partial charge in [-0.25, -0.2) is 8.78 Å². The van der Waals surface area contributed by atoms with E-state index in [4.69, 9.17) is 0 Å². The van der Waals surface area contributed by atoms with Gasteiger partial charge in [0.15, 0.2) is 0 Å². The molecule has 0 atom stereocenters. The van der Waals surface area contributed by atoms with Gasteiger partial charge in [0.2, 0.25) is 5.91 Å². The van der Waals surface area contributed by atoms with Crippen molar-refractivity contribution in [1.29, 1.82) is 0 Å². The van der Waals surface area contributed by atoms with Crippen LogP contribution in [0.2, 0.25) is 0 Å². The number of hydrogen-bond acceptors (Lipinski definition) is 3. The maximum Gasteiger partial charge on any atom is 0.312 e. The molecule has 0 unspecified atom stereocenters. The van der Waals surface area contributed by atoms with Gasteiger partial charge >= 0.3 is 11.8 Å². The van der Waals surface area contributed by atoms with E-state index in [2.05, 4.69) is 21.2 Å². The van der Waals surface area contributed by atoms with Crippen molar-refractivity contribution >= 4 is 39.3 Å². The molecule has 1 saturated heterocycles. The maximum absolute atomic E-state index is 13.8. The number of anilines is 1. The van der Waals surface area contributed by atoms with Gasteiger partial charge in [-0.3, -0.25) is 14.4 Å². The average molecular weight is 480 g/mol. The first-order valence-corrected chi connectivity index (χ1v) is 10.2. The molecule has 30 heavy (non-hydrogen) atoms. The molecule has 1 aliphatic heterocycles. The fourth-order valence-corrected chi connectivity index (χ4v) is 3.46. The Labute approximate surface area is 181 Å². The number of piperazine rings is 1. The van der Waals surface area contributed by atoms with Gasteiger partial charge in [-0.15, -0.1) is 0 Å². The summed E-state index contributed by atoms with van der Waals surface area (Å²) in [6, 6.07) is 10.1. The molecule has 1 fully saturated rings. The molecular formula is C21H20BrF2N3O3. The molecular weight excluding hydrogens is 460 g/mol. The first kappa shape index (κ1) is 21.9. The van der Waals surface area contributed by atoms with Crippen molar-refractivity contribution in [2.75, 3.05) is 25.0 Å². The molecule has 1 aliphatic rings. The second kappa shape index (κ2) is 9.80. The van der Waals surface area contributed by atoms with Crippen molar-refractivity contribution in [3.63, 3.8) is 0 Å². The third-order valence-corrected chi connectivity index (χ3v) is 5.21. The second-order valence-electron chi connectivity index (χ2n) is 6.92. The third-order valence-electron chi connectivity index (χ3n) is 4.72. The molecule has 3 rings (SSSR count). The topological polar surface area (TPSA) is 69.7 Å². The lowest BCUT2D eigenvalue weighted by Gasteiger charge is -2.33. The molecule has 1 N–H and O–H groups in total. The van der Waals surface area contributed by atoms with Crippen LogP contribution in [0.25, 0.3) is 0 Å². The zero-order chi connectivity index (χ0) is 21.7. The van der Waals surface area contributed by atoms with Crippen molar-refractivity contribution in [1.82, 2.24) is 9.80 Å². The van der Waals surface area contributed by atoms with Crippen molar-refractivity contribution < 1.29 is 23.2 Å². The highest BCUT2D eigenvalue weighted by Crippen LogP contribution is 2.19. The monoisotopic (exact) mass is 479 g/mol. The van der Waals surface area contributed by atoms with Crippen LogP contribution in [0.15, 0.2) is 46.9 Å². The normalized spacial score (nSPS) is 14.2. The minimum Gasteiger partial charge on any atom is -0.333 e. The van der Waals surface area contributed by atoms with Crippen molar-refractivity contribution in [2.24, 2.45) is 0 Å². The number of halogens is 3. The number of nitrogens with zero attached hydrogens (tertiary/aromatic N) is 2. The summed E-state index contributed by atoms with van der Waals surface area (Å²) < 4.78 is 27.3. The molecule has 6 nitrogen and oxygen atoms in total. The fourth-order valence-electron chi connectivity index (χ4n) is 3.12. The van der Waals surface area contributed by atoms with Crippen LogP contribution in [0, 0.1) is 11.6 Å². The quantitative estimate of drug-likeness (QED) is 0.619. The summed E-state index contributed by atoms with van der Waals surface area (Å²) in [6.45, 7) is 1.21. The van der Waals surface area contributed by atoms with Crippen LogP contribution in [-0.2, 0) is 20.9 Å². The molecule has 0 saturated carbocycles. The van der Waals surface area contributed by atoms with Gasteiger partial charge in [-0.05, 0) is 42.3 Å². The number of amides is 3. The molecule has 0 radical (unpaired) electrons. The van der Waals surface area contributed by atoms with E-state index in [0.29, 0.717) is 24.0 Å². The number of benzene rings is 2. The Balaban J connectivity index is 1.45. The van der Waals surface area contributed by atoms with E-state index in [1.807, 2.05) is 0 Å². The Kier molecular flexibility index (Phi) is 7.15. The smallest absolute Gasteiger partial charge is 0.312 e. The van der Waals surface area contributed by atoms with Gasteiger partial charge in [-0.2, -0.15) is 0 Å². The summed E-state index contributed by atoms with van der Waals surface area (Å²) in [4.78, 5) is 39.6. The number of hydrogen-bond donors (Lipinski definition) is 1. The van der Waals surface area contributed by atoms with Crippen LogP contribution < -0.4 is 5.32 Å². The molecule has 9 heteroatoms. The highest BCUT2D eigenvalue weighted by Gasteiger charge is 2.32. The minimum atomic E-state index is -0.622. The molecule has 2 aromatic carbocycles. The Morgan fingerprint density at radius 2 is 1.67 bits per heavy atom. The van der Waals surface area contributed by atoms with E-state index in [-0.39, 0.29) is 36.9 Å². The van der Waals surface area contributed by atoms with Crippen molar-refractivity contribution in [2.45, 2.75) is 19.4 Å². The van der Waals surface area contributed by atoms with Gasteiger partial charge in [0.05, 0.1) is 5.69 Å². The van der Waals surface area contributed by atoms with Gasteiger partial charge in [0, 0.05) is 37.1 Å². The zero-order valence-electron chi connectivity index (χ0n) is 16.0. The zero-order valence-corrected chi connectivity index (χ0v) is 17.6. The van der Waals surface area contributed by atoms with E-state index in [1.54, 1.807) is 18.2 Å². The first-order valence-electron chi connectivity index (χ1n) is 9.41. The molecule has 158 valence electrons. The standard InChI is InChI=1S/C21H20BrF2N3O3/c22-15-5-8-18(17(24)12-15)25-19(28)2-1-9-26-10-11-27(21(30)20(26)29)13-14-3-6-16(23)7-4-14/h3-8,12H,1-2,9-11,13H2,(H,25,28). The first-order chi connectivity index (χ1) is 14.3. The summed E-state index contributed by atoms with van der Waals surface area (Å²) in [5.41, 5.74) is 0.826. The van der Waals surface area contributed by atoms with Crippen LogP contribution in [0.5, 0.6) is 0 Å². The lowest BCUT2D eigenvalue weighted by Crippen LogP contribution is -2.54. The predicted octanol–water partition coefficient (Wildman–Crippen LogP) is 3.32. The van der Waals surface area contributed by atoms with Gasteiger partial charge in [0.25, 0.3) is 0 Å². The number of nitrogens with one attached hydrogen (secondary N) is 1. The summed E-state index contributed by atoms with van der Waals surface area (Å²) in [5, 5.41) is 2.49. The van der Waals surface area contributed by atoms with E-state index in [1.165, 1.54) is 34.1 Å². The number of carbonyl (C=O) groups is 3. The van der Waals surface area contributed by atoms with Crippen LogP contribution in [0.1, 0.15) is 18.4 Å². The minimum absolute atomic E-state index is 0.0869. The molecule has 0 aromatic heterocycles. The van der Waals surface area contributed by atoms with Crippen molar-refractivity contribution in [3.05, 3.63) is 64.1 Å². The molecule has 0 spiro atoms. The van der Waals surface area contributed by atoms with Crippen LogP contribution in [0.3, 0.4) is 0 Å². The second-order valence-corrected chi connectivity index (χ2v) is 7.84. The highest BCUT2D eigenvalue weighted by atomic mass is 79.9. The lowest BCUT2D eigenvalue weighted by atomic mass is 10.1. The van der Waals surface area contributed by atoms with E-state index < -0.39 is 17.6 Å². The molecule has 0 aliphatic carbocycles. The van der Waals surface area contributed by atoms with Crippen molar-refractivity contribution in [3.8, 4) is 0 Å². The van der Waals surface area contributed by atoms with E-state index >= 15 is 0 Å². The highest BCUT2D eigenvalue weighted by molar-refractivity contribution is 9.10. The Morgan fingerprint density at radius 1 is 1.00 bits per heavy atom. The van der Waals surface area contributed by atoms with Crippen LogP contribution >= 0.6 is 15.9 Å². The summed E-state index contributed by atoms with van der Waals surface area (Å²) in [5.74, 6) is -2.52. The summed E-state index contributed by atoms with van der Waals surface area (Å²) >= 11 is 3.15. The number of carbonyl (C=O) groups excluding carboxylic acids is 3. The molecule has 1 heterocycles. The third kappa shape index (κ3) is 5.63. The average Bonchev–Trinajstić information content (AvgIpc) is 2.71. The lowest BCUT2D eigenvalue weighted by molar-refractivity contribution is -0.156. The Bertz CT molecular complexity index is 953. The van der Waals surface area contributed by atoms with Gasteiger partial charge in [-0.1, -0.05) is 28.1 Å². The Hall–Kier alpha value is -2.81. The van der Waals surface area contributed by atoms with E-state index in [9.17, 15) is 23.2 Å². The van der Waals surface area contributed by atoms with E-state index in [0.717, 1.165) is 5.56 Å². The van der Waals surface area contributed by atoms with Gasteiger partial charge < -0.3 is 15.1 Å². The van der Waals surface area contributed by atoms with Crippen LogP contribution in [-0.4, -0.2) is 47.2 Å². The molecule has 3 amide bonds. The predicted molar refractivity (Wildman–Crippen MR) is 110 cm³/mol. The molecule has 0 bridgehead atoms. The summed E-state index contributed by atoms with van der Waals surface area (Å²) in [6.07, 6.45) is 0.438.